The summed E-state index contributed by atoms with van der Waals surface area (Å²) in [7, 11) is 0. The van der Waals surface area contributed by atoms with Crippen molar-refractivity contribution in [2.24, 2.45) is 0 Å². The Morgan fingerprint density at radius 3 is 2.79 bits per heavy atom. The molecule has 1 aromatic heterocycles. The lowest BCUT2D eigenvalue weighted by atomic mass is 10.0. The van der Waals surface area contributed by atoms with E-state index in [2.05, 4.69) is 6.92 Å². The van der Waals surface area contributed by atoms with Crippen LogP contribution in [-0.2, 0) is 20.8 Å². The lowest BCUT2D eigenvalue weighted by molar-refractivity contribution is 0.0439. The first-order chi connectivity index (χ1) is 16.0. The van der Waals surface area contributed by atoms with E-state index >= 15 is 0 Å². The first-order valence-corrected chi connectivity index (χ1v) is 12.0. The van der Waals surface area contributed by atoms with Gasteiger partial charge < -0.3 is 19.3 Å². The van der Waals surface area contributed by atoms with Gasteiger partial charge in [0.15, 0.2) is 0 Å². The summed E-state index contributed by atoms with van der Waals surface area (Å²) in [4.78, 5) is 26.9. The minimum atomic E-state index is -1.01. The number of hydrogen-bond acceptors (Lipinski definition) is 7. The topological polar surface area (TPSA) is 85.3 Å². The highest BCUT2D eigenvalue weighted by atomic mass is 32.1. The number of alkyl halides is 1. The van der Waals surface area contributed by atoms with Gasteiger partial charge in [-0.3, -0.25) is 4.90 Å². The maximum absolute atomic E-state index is 14.4. The fourth-order valence-electron chi connectivity index (χ4n) is 3.55. The highest BCUT2D eigenvalue weighted by Gasteiger charge is 2.34. The monoisotopic (exact) mass is 479 g/mol. The smallest absolute Gasteiger partial charge is 0.414 e. The number of carbonyl (C=O) groups is 2. The fourth-order valence-corrected chi connectivity index (χ4v) is 4.39. The molecule has 1 unspecified atom stereocenters. The number of hydrogen-bond donors (Lipinski definition) is 1. The van der Waals surface area contributed by atoms with E-state index < -0.39 is 18.2 Å². The fraction of sp³-hybridized carbons (Fsp3) is 0.500. The van der Waals surface area contributed by atoms with E-state index in [1.165, 1.54) is 16.2 Å². The molecule has 0 saturated carbocycles. The second-order valence-corrected chi connectivity index (χ2v) is 8.96. The second kappa shape index (κ2) is 12.7. The van der Waals surface area contributed by atoms with Gasteiger partial charge in [-0.1, -0.05) is 38.3 Å². The Balaban J connectivity index is 1.53. The van der Waals surface area contributed by atoms with E-state index in [0.29, 0.717) is 22.5 Å². The Morgan fingerprint density at radius 1 is 1.27 bits per heavy atom. The number of aliphatic hydroxyl groups is 1. The van der Waals surface area contributed by atoms with E-state index in [1.807, 2.05) is 0 Å². The van der Waals surface area contributed by atoms with Gasteiger partial charge in [0, 0.05) is 10.6 Å². The van der Waals surface area contributed by atoms with Crippen molar-refractivity contribution in [2.75, 3.05) is 31.3 Å². The van der Waals surface area contributed by atoms with Gasteiger partial charge in [0.05, 0.1) is 25.9 Å². The molecule has 0 spiro atoms. The molecule has 3 rings (SSSR count). The zero-order chi connectivity index (χ0) is 23.6. The third-order valence-corrected chi connectivity index (χ3v) is 6.34. The molecule has 2 atom stereocenters. The first kappa shape index (κ1) is 25.1. The third-order valence-electron chi connectivity index (χ3n) is 5.30. The molecule has 1 aliphatic heterocycles. The minimum Gasteiger partial charge on any atom is -0.459 e. The summed E-state index contributed by atoms with van der Waals surface area (Å²) in [5, 5.41) is 8.74. The number of halogens is 1. The summed E-state index contributed by atoms with van der Waals surface area (Å²) in [5.41, 5.74) is 1.25. The molecule has 180 valence electrons. The molecule has 0 bridgehead atoms. The molecule has 2 heterocycles. The largest absolute Gasteiger partial charge is 0.459 e. The molecule has 1 amide bonds. The normalized spacial score (nSPS) is 16.6. The number of ether oxygens (including phenoxy) is 3. The van der Waals surface area contributed by atoms with Gasteiger partial charge in [-0.15, -0.1) is 11.3 Å². The number of rotatable bonds is 13. The zero-order valence-corrected chi connectivity index (χ0v) is 19.5. The SMILES string of the molecule is CCCCCC(F)c1ccc(N2C(=O)OC[C@@H]2COCc2ccc(C(=O)OCCO)s2)cc1. The predicted molar refractivity (Wildman–Crippen MR) is 123 cm³/mol. The van der Waals surface area contributed by atoms with E-state index in [4.69, 9.17) is 19.3 Å². The Labute approximate surface area is 197 Å². The van der Waals surface area contributed by atoms with E-state index in [-0.39, 0.29) is 39.1 Å². The summed E-state index contributed by atoms with van der Waals surface area (Å²) >= 11 is 1.25. The molecule has 2 aromatic rings. The molecule has 1 aliphatic rings. The van der Waals surface area contributed by atoms with Crippen LogP contribution in [0.5, 0.6) is 0 Å². The maximum Gasteiger partial charge on any atom is 0.414 e. The van der Waals surface area contributed by atoms with Gasteiger partial charge >= 0.3 is 12.1 Å². The molecule has 0 aliphatic carbocycles. The summed E-state index contributed by atoms with van der Waals surface area (Å²) in [6.07, 6.45) is 1.96. The van der Waals surface area contributed by atoms with Gasteiger partial charge in [0.1, 0.15) is 24.3 Å². The molecule has 1 saturated heterocycles. The Kier molecular flexibility index (Phi) is 9.65. The molecule has 1 N–H and O–H groups in total. The van der Waals surface area contributed by atoms with Crippen LogP contribution in [0.4, 0.5) is 14.9 Å². The van der Waals surface area contributed by atoms with E-state index in [0.717, 1.165) is 24.1 Å². The minimum absolute atomic E-state index is 0.0417. The van der Waals surface area contributed by atoms with Crippen LogP contribution in [0.15, 0.2) is 36.4 Å². The van der Waals surface area contributed by atoms with Crippen molar-refractivity contribution in [1.29, 1.82) is 0 Å². The number of anilines is 1. The first-order valence-electron chi connectivity index (χ1n) is 11.2. The summed E-state index contributed by atoms with van der Waals surface area (Å²) in [5.74, 6) is -0.481. The van der Waals surface area contributed by atoms with Crippen molar-refractivity contribution in [1.82, 2.24) is 0 Å². The summed E-state index contributed by atoms with van der Waals surface area (Å²) in [6.45, 7) is 2.55. The number of unbranched alkanes of at least 4 members (excludes halogenated alkanes) is 2. The van der Waals surface area contributed by atoms with Crippen molar-refractivity contribution in [3.8, 4) is 0 Å². The quantitative estimate of drug-likeness (QED) is 0.320. The molecule has 33 heavy (non-hydrogen) atoms. The van der Waals surface area contributed by atoms with Crippen LogP contribution in [0.3, 0.4) is 0 Å². The van der Waals surface area contributed by atoms with Crippen LogP contribution in [0.25, 0.3) is 0 Å². The van der Waals surface area contributed by atoms with Crippen molar-refractivity contribution < 1.29 is 33.3 Å². The number of benzene rings is 1. The predicted octanol–water partition coefficient (Wildman–Crippen LogP) is 5.03. The Bertz CT molecular complexity index is 903. The third kappa shape index (κ3) is 6.99. The van der Waals surface area contributed by atoms with E-state index in [9.17, 15) is 14.0 Å². The number of aliphatic hydroxyl groups excluding tert-OH is 1. The van der Waals surface area contributed by atoms with Crippen molar-refractivity contribution in [3.63, 3.8) is 0 Å². The maximum atomic E-state index is 14.4. The number of thiophene rings is 1. The molecule has 0 radical (unpaired) electrons. The number of carbonyl (C=O) groups excluding carboxylic acids is 2. The van der Waals surface area contributed by atoms with Crippen LogP contribution in [0, 0.1) is 0 Å². The molecular weight excluding hydrogens is 449 g/mol. The van der Waals surface area contributed by atoms with Gasteiger partial charge in [-0.2, -0.15) is 0 Å². The highest BCUT2D eigenvalue weighted by molar-refractivity contribution is 7.13. The van der Waals surface area contributed by atoms with Crippen LogP contribution < -0.4 is 4.90 Å². The molecule has 7 nitrogen and oxygen atoms in total. The summed E-state index contributed by atoms with van der Waals surface area (Å²) < 4.78 is 30.3. The molecule has 9 heteroatoms. The average molecular weight is 480 g/mol. The average Bonchev–Trinajstić information content (AvgIpc) is 3.44. The Hall–Kier alpha value is -2.49. The van der Waals surface area contributed by atoms with Gasteiger partial charge in [-0.05, 0) is 36.2 Å². The number of nitrogens with zero attached hydrogens (tertiary/aromatic N) is 1. The van der Waals surface area contributed by atoms with Crippen molar-refractivity contribution >= 4 is 29.1 Å². The van der Waals surface area contributed by atoms with Gasteiger partial charge in [0.2, 0.25) is 0 Å². The van der Waals surface area contributed by atoms with Gasteiger partial charge in [0.25, 0.3) is 0 Å². The van der Waals surface area contributed by atoms with Crippen LogP contribution in [0.2, 0.25) is 0 Å². The number of cyclic esters (lactones) is 1. The lowest BCUT2D eigenvalue weighted by Gasteiger charge is -2.22. The number of amides is 1. The molecule has 1 fully saturated rings. The van der Waals surface area contributed by atoms with Crippen LogP contribution in [-0.4, -0.2) is 49.6 Å². The second-order valence-electron chi connectivity index (χ2n) is 7.80. The Morgan fingerprint density at radius 2 is 2.06 bits per heavy atom. The number of esters is 1. The molecular formula is C24H30FNO6S. The standard InChI is InChI=1S/C24H30FNO6S/c1-2-3-4-5-21(25)17-6-8-18(9-7-17)26-19(15-32-24(26)29)14-30-16-20-10-11-22(33-20)23(28)31-13-12-27/h6-11,19,21,27H,2-5,12-16H2,1H3/t19-,21?/m0/s1. The zero-order valence-electron chi connectivity index (χ0n) is 18.7. The van der Waals surface area contributed by atoms with Crippen LogP contribution in [0.1, 0.15) is 58.9 Å². The lowest BCUT2D eigenvalue weighted by Crippen LogP contribution is -2.36. The van der Waals surface area contributed by atoms with Gasteiger partial charge in [-0.25, -0.2) is 14.0 Å². The molecule has 1 aromatic carbocycles. The van der Waals surface area contributed by atoms with Crippen molar-refractivity contribution in [3.05, 3.63) is 51.7 Å². The van der Waals surface area contributed by atoms with Crippen LogP contribution >= 0.6 is 11.3 Å². The highest BCUT2D eigenvalue weighted by Crippen LogP contribution is 2.29. The summed E-state index contributed by atoms with van der Waals surface area (Å²) in [6, 6.07) is 10.1. The van der Waals surface area contributed by atoms with E-state index in [1.54, 1.807) is 36.4 Å². The van der Waals surface area contributed by atoms with Crippen molar-refractivity contribution in [2.45, 2.75) is 51.4 Å².